The summed E-state index contributed by atoms with van der Waals surface area (Å²) in [5.41, 5.74) is 4.25. The van der Waals surface area contributed by atoms with Crippen LogP contribution in [0.25, 0.3) is 11.0 Å². The van der Waals surface area contributed by atoms with Crippen LogP contribution in [0.1, 0.15) is 16.3 Å². The van der Waals surface area contributed by atoms with Gasteiger partial charge in [0, 0.05) is 24.5 Å². The highest BCUT2D eigenvalue weighted by atomic mass is 16.5. The molecule has 8 heteroatoms. The van der Waals surface area contributed by atoms with E-state index < -0.39 is 0 Å². The number of imidazole rings is 1. The molecule has 8 nitrogen and oxygen atoms in total. The summed E-state index contributed by atoms with van der Waals surface area (Å²) in [6.45, 7) is 3.62. The first kappa shape index (κ1) is 20.0. The molecular weight excluding hydrogens is 404 g/mol. The van der Waals surface area contributed by atoms with Gasteiger partial charge in [0.05, 0.1) is 30.8 Å². The van der Waals surface area contributed by atoms with Crippen LogP contribution >= 0.6 is 0 Å². The van der Waals surface area contributed by atoms with Crippen LogP contribution in [0.3, 0.4) is 0 Å². The quantitative estimate of drug-likeness (QED) is 0.435. The molecule has 1 amide bonds. The topological polar surface area (TPSA) is 95.2 Å². The lowest BCUT2D eigenvalue weighted by Gasteiger charge is -2.28. The fourth-order valence-corrected chi connectivity index (χ4v) is 3.70. The number of rotatable bonds is 6. The molecule has 3 heterocycles. The van der Waals surface area contributed by atoms with Gasteiger partial charge in [0.15, 0.2) is 0 Å². The van der Waals surface area contributed by atoms with Gasteiger partial charge in [0.1, 0.15) is 17.3 Å². The van der Waals surface area contributed by atoms with Crippen LogP contribution in [0.2, 0.25) is 0 Å². The molecule has 0 atom stereocenters. The Morgan fingerprint density at radius 1 is 0.969 bits per heavy atom. The summed E-state index contributed by atoms with van der Waals surface area (Å²) in [6.07, 6.45) is 0. The van der Waals surface area contributed by atoms with E-state index in [1.165, 1.54) is 5.69 Å². The molecule has 4 aromatic rings. The van der Waals surface area contributed by atoms with Crippen molar-refractivity contribution in [2.75, 3.05) is 36.5 Å². The van der Waals surface area contributed by atoms with E-state index >= 15 is 0 Å². The highest BCUT2D eigenvalue weighted by Crippen LogP contribution is 2.21. The van der Waals surface area contributed by atoms with Crippen molar-refractivity contribution in [2.45, 2.75) is 6.54 Å². The molecule has 0 spiro atoms. The van der Waals surface area contributed by atoms with Gasteiger partial charge < -0.3 is 25.3 Å². The molecule has 1 saturated heterocycles. The third-order valence-electron chi connectivity index (χ3n) is 5.35. The molecule has 32 heavy (non-hydrogen) atoms. The summed E-state index contributed by atoms with van der Waals surface area (Å²) in [5.74, 6) is 1.06. The van der Waals surface area contributed by atoms with Crippen molar-refractivity contribution in [1.29, 1.82) is 0 Å². The summed E-state index contributed by atoms with van der Waals surface area (Å²) in [5, 5.41) is 6.14. The summed E-state index contributed by atoms with van der Waals surface area (Å²) in [6, 6.07) is 21.3. The zero-order valence-corrected chi connectivity index (χ0v) is 17.5. The number of H-pyrrole nitrogens is 1. The number of carbonyl (C=O) groups excluding carboxylic acids is 1. The number of nitrogens with one attached hydrogen (secondary N) is 3. The van der Waals surface area contributed by atoms with E-state index in [1.807, 2.05) is 48.5 Å². The molecule has 0 bridgehead atoms. The number of benzene rings is 2. The van der Waals surface area contributed by atoms with Crippen LogP contribution in [-0.4, -0.2) is 47.2 Å². The molecular formula is C24H24N6O2. The standard InChI is InChI=1S/C24H24N6O2/c31-24(25-16-23-27-19-4-1-2-5-20(19)28-23)21-6-3-7-22(29-21)26-17-8-10-18(11-9-17)30-12-14-32-15-13-30/h1-11H,12-16H2,(H,25,31)(H,26,29)(H,27,28). The zero-order valence-electron chi connectivity index (χ0n) is 17.5. The fourth-order valence-electron chi connectivity index (χ4n) is 3.70. The predicted octanol–water partition coefficient (Wildman–Crippen LogP) is 3.47. The van der Waals surface area contributed by atoms with E-state index in [9.17, 15) is 4.79 Å². The van der Waals surface area contributed by atoms with E-state index in [0.29, 0.717) is 23.9 Å². The first-order valence-corrected chi connectivity index (χ1v) is 10.6. The van der Waals surface area contributed by atoms with E-state index in [0.717, 1.165) is 43.0 Å². The number of ether oxygens (including phenoxy) is 1. The number of aromatic nitrogens is 3. The van der Waals surface area contributed by atoms with Gasteiger partial charge in [-0.25, -0.2) is 9.97 Å². The van der Waals surface area contributed by atoms with Crippen molar-refractivity contribution < 1.29 is 9.53 Å². The summed E-state index contributed by atoms with van der Waals surface area (Å²) in [7, 11) is 0. The van der Waals surface area contributed by atoms with Gasteiger partial charge in [0.2, 0.25) is 0 Å². The first-order chi connectivity index (χ1) is 15.7. The predicted molar refractivity (Wildman–Crippen MR) is 124 cm³/mol. The highest BCUT2D eigenvalue weighted by molar-refractivity contribution is 5.92. The number of morpholine rings is 1. The van der Waals surface area contributed by atoms with Crippen molar-refractivity contribution in [1.82, 2.24) is 20.3 Å². The largest absolute Gasteiger partial charge is 0.378 e. The molecule has 2 aromatic heterocycles. The minimum absolute atomic E-state index is 0.253. The lowest BCUT2D eigenvalue weighted by Crippen LogP contribution is -2.36. The van der Waals surface area contributed by atoms with Crippen LogP contribution in [0, 0.1) is 0 Å². The monoisotopic (exact) mass is 428 g/mol. The number of para-hydroxylation sites is 2. The second kappa shape index (κ2) is 9.07. The first-order valence-electron chi connectivity index (χ1n) is 10.6. The average molecular weight is 428 g/mol. The number of hydrogen-bond acceptors (Lipinski definition) is 6. The smallest absolute Gasteiger partial charge is 0.270 e. The van der Waals surface area contributed by atoms with E-state index in [2.05, 4.69) is 42.6 Å². The summed E-state index contributed by atoms with van der Waals surface area (Å²) >= 11 is 0. The molecule has 1 fully saturated rings. The van der Waals surface area contributed by atoms with Crippen LogP contribution in [0.15, 0.2) is 66.7 Å². The van der Waals surface area contributed by atoms with Gasteiger partial charge in [-0.05, 0) is 48.5 Å². The van der Waals surface area contributed by atoms with E-state index in [4.69, 9.17) is 4.74 Å². The maximum Gasteiger partial charge on any atom is 0.270 e. The maximum absolute atomic E-state index is 12.6. The molecule has 2 aromatic carbocycles. The summed E-state index contributed by atoms with van der Waals surface area (Å²) < 4.78 is 5.41. The second-order valence-electron chi connectivity index (χ2n) is 7.56. The Kier molecular flexibility index (Phi) is 5.67. The Morgan fingerprint density at radius 2 is 1.78 bits per heavy atom. The number of fused-ring (bicyclic) bond motifs is 1. The molecule has 162 valence electrons. The van der Waals surface area contributed by atoms with Gasteiger partial charge in [0.25, 0.3) is 5.91 Å². The number of pyridine rings is 1. The maximum atomic E-state index is 12.6. The molecule has 0 saturated carbocycles. The SMILES string of the molecule is O=C(NCc1nc2ccccc2[nH]1)c1cccc(Nc2ccc(N3CCOCC3)cc2)n1. The highest BCUT2D eigenvalue weighted by Gasteiger charge is 2.12. The minimum atomic E-state index is -0.253. The van der Waals surface area contributed by atoms with Crippen molar-refractivity contribution in [3.8, 4) is 0 Å². The summed E-state index contributed by atoms with van der Waals surface area (Å²) in [4.78, 5) is 27.0. The lowest BCUT2D eigenvalue weighted by atomic mass is 10.2. The second-order valence-corrected chi connectivity index (χ2v) is 7.56. The van der Waals surface area contributed by atoms with Gasteiger partial charge in [-0.1, -0.05) is 18.2 Å². The third-order valence-corrected chi connectivity index (χ3v) is 5.35. The number of carbonyl (C=O) groups is 1. The van der Waals surface area contributed by atoms with Crippen LogP contribution < -0.4 is 15.5 Å². The van der Waals surface area contributed by atoms with Crippen molar-refractivity contribution >= 4 is 34.1 Å². The van der Waals surface area contributed by atoms with Gasteiger partial charge in [-0.3, -0.25) is 4.79 Å². The molecule has 5 rings (SSSR count). The number of aromatic amines is 1. The van der Waals surface area contributed by atoms with Crippen LogP contribution in [-0.2, 0) is 11.3 Å². The Bertz CT molecular complexity index is 1180. The Balaban J connectivity index is 1.21. The number of amides is 1. The molecule has 0 unspecified atom stereocenters. The van der Waals surface area contributed by atoms with Crippen LogP contribution in [0.5, 0.6) is 0 Å². The van der Waals surface area contributed by atoms with Crippen molar-refractivity contribution in [3.05, 3.63) is 78.2 Å². The number of nitrogens with zero attached hydrogens (tertiary/aromatic N) is 3. The molecule has 3 N–H and O–H groups in total. The van der Waals surface area contributed by atoms with Gasteiger partial charge in [-0.15, -0.1) is 0 Å². The number of hydrogen-bond donors (Lipinski definition) is 3. The van der Waals surface area contributed by atoms with Crippen molar-refractivity contribution in [3.63, 3.8) is 0 Å². The van der Waals surface area contributed by atoms with E-state index in [-0.39, 0.29) is 5.91 Å². The number of anilines is 3. The molecule has 0 aliphatic carbocycles. The average Bonchev–Trinajstić information content (AvgIpc) is 3.27. The molecule has 0 radical (unpaired) electrons. The molecule has 1 aliphatic heterocycles. The Hall–Kier alpha value is -3.91. The van der Waals surface area contributed by atoms with Gasteiger partial charge >= 0.3 is 0 Å². The lowest BCUT2D eigenvalue weighted by molar-refractivity contribution is 0.0945. The third kappa shape index (κ3) is 4.55. The van der Waals surface area contributed by atoms with Gasteiger partial charge in [-0.2, -0.15) is 0 Å². The Morgan fingerprint density at radius 3 is 2.59 bits per heavy atom. The fraction of sp³-hybridized carbons (Fsp3) is 0.208. The van der Waals surface area contributed by atoms with E-state index in [1.54, 1.807) is 6.07 Å². The Labute approximate surface area is 185 Å². The van der Waals surface area contributed by atoms with Crippen molar-refractivity contribution in [2.24, 2.45) is 0 Å². The normalized spacial score (nSPS) is 13.8. The zero-order chi connectivity index (χ0) is 21.8. The van der Waals surface area contributed by atoms with Crippen LogP contribution in [0.4, 0.5) is 17.2 Å². The molecule has 1 aliphatic rings. The minimum Gasteiger partial charge on any atom is -0.378 e.